The number of esters is 1. The average Bonchev–Trinajstić information content (AvgIpc) is 3.40. The number of hydrogen-bond donors (Lipinski definition) is 3. The smallest absolute Gasteiger partial charge is 0.472 e. The van der Waals surface area contributed by atoms with Crippen molar-refractivity contribution in [1.29, 1.82) is 0 Å². The molecule has 10 nitrogen and oxygen atoms in total. The van der Waals surface area contributed by atoms with E-state index in [-0.39, 0.29) is 13.0 Å². The van der Waals surface area contributed by atoms with E-state index in [2.05, 4.69) is 13.8 Å². The third kappa shape index (κ3) is 60.6. The van der Waals surface area contributed by atoms with Crippen molar-refractivity contribution in [2.45, 2.75) is 379 Å². The number of hydrogen-bond acceptors (Lipinski definition) is 8. The zero-order valence-electron chi connectivity index (χ0n) is 50.7. The molecule has 0 bridgehead atoms. The average molecular weight is 1100 g/mol. The summed E-state index contributed by atoms with van der Waals surface area (Å²) in [5.41, 5.74) is 5.40. The van der Waals surface area contributed by atoms with E-state index in [1.807, 2.05) is 0 Å². The van der Waals surface area contributed by atoms with E-state index in [9.17, 15) is 19.0 Å². The number of aliphatic carboxylic acids is 1. The summed E-state index contributed by atoms with van der Waals surface area (Å²) in [4.78, 5) is 33.9. The molecule has 0 aromatic rings. The molecule has 0 aliphatic rings. The van der Waals surface area contributed by atoms with Crippen LogP contribution in [0.3, 0.4) is 0 Å². The zero-order valence-corrected chi connectivity index (χ0v) is 51.5. The molecule has 0 aromatic heterocycles. The van der Waals surface area contributed by atoms with Crippen LogP contribution in [0.1, 0.15) is 367 Å². The van der Waals surface area contributed by atoms with Crippen LogP contribution in [0.4, 0.5) is 0 Å². The van der Waals surface area contributed by atoms with Crippen LogP contribution in [0.5, 0.6) is 0 Å². The number of carboxylic acids is 1. The molecule has 76 heavy (non-hydrogen) atoms. The summed E-state index contributed by atoms with van der Waals surface area (Å²) >= 11 is 0. The summed E-state index contributed by atoms with van der Waals surface area (Å²) in [6.45, 7) is 3.99. The van der Waals surface area contributed by atoms with Gasteiger partial charge in [-0.15, -0.1) is 0 Å². The molecule has 0 saturated carbocycles. The lowest BCUT2D eigenvalue weighted by Gasteiger charge is -2.20. The molecular formula is C65H130NO9P. The number of nitrogens with two attached hydrogens (primary N) is 1. The van der Waals surface area contributed by atoms with Gasteiger partial charge < -0.3 is 25.2 Å². The van der Waals surface area contributed by atoms with Gasteiger partial charge in [0.05, 0.1) is 19.8 Å². The molecule has 3 atom stereocenters. The molecule has 0 aliphatic carbocycles. The minimum atomic E-state index is -4.62. The Kier molecular flexibility index (Phi) is 60.8. The second-order valence-electron chi connectivity index (χ2n) is 23.3. The van der Waals surface area contributed by atoms with Crippen LogP contribution in [-0.4, -0.2) is 60.5 Å². The second kappa shape index (κ2) is 61.6. The fraction of sp³-hybridized carbons (Fsp3) is 0.969. The first kappa shape index (κ1) is 75.0. The Morgan fingerprint density at radius 3 is 0.868 bits per heavy atom. The highest BCUT2D eigenvalue weighted by Crippen LogP contribution is 2.43. The topological polar surface area (TPSA) is 155 Å². The van der Waals surface area contributed by atoms with Gasteiger partial charge in [0, 0.05) is 13.0 Å². The number of unbranched alkanes of at least 4 members (excludes halogenated alkanes) is 52. The normalized spacial score (nSPS) is 13.3. The number of phosphoric ester groups is 1. The van der Waals surface area contributed by atoms with Crippen LogP contribution in [0.2, 0.25) is 0 Å². The van der Waals surface area contributed by atoms with Gasteiger partial charge in [-0.1, -0.05) is 348 Å². The monoisotopic (exact) mass is 1100 g/mol. The van der Waals surface area contributed by atoms with Gasteiger partial charge in [0.15, 0.2) is 0 Å². The van der Waals surface area contributed by atoms with Crippen molar-refractivity contribution in [1.82, 2.24) is 0 Å². The summed E-state index contributed by atoms with van der Waals surface area (Å²) in [6, 6.07) is -1.47. The number of carbonyl (C=O) groups excluding carboxylic acids is 1. The third-order valence-electron chi connectivity index (χ3n) is 15.6. The quantitative estimate of drug-likeness (QED) is 0.0305. The Balaban J connectivity index is 3.86. The van der Waals surface area contributed by atoms with E-state index in [4.69, 9.17) is 29.4 Å². The van der Waals surface area contributed by atoms with Crippen LogP contribution >= 0.6 is 7.82 Å². The molecule has 0 saturated heterocycles. The number of phosphoric acid groups is 1. The third-order valence-corrected chi connectivity index (χ3v) is 16.6. The fourth-order valence-electron chi connectivity index (χ4n) is 10.5. The molecule has 0 spiro atoms. The maximum atomic E-state index is 12.8. The molecular weight excluding hydrogens is 970 g/mol. The van der Waals surface area contributed by atoms with Crippen molar-refractivity contribution in [3.8, 4) is 0 Å². The van der Waals surface area contributed by atoms with Crippen LogP contribution < -0.4 is 5.73 Å². The Morgan fingerprint density at radius 1 is 0.368 bits per heavy atom. The van der Waals surface area contributed by atoms with Crippen molar-refractivity contribution in [2.24, 2.45) is 5.73 Å². The first-order valence-corrected chi connectivity index (χ1v) is 35.1. The predicted molar refractivity (Wildman–Crippen MR) is 323 cm³/mol. The van der Waals surface area contributed by atoms with Crippen molar-refractivity contribution in [2.75, 3.05) is 26.4 Å². The molecule has 0 heterocycles. The number of carbonyl (C=O) groups is 2. The van der Waals surface area contributed by atoms with Gasteiger partial charge in [0.1, 0.15) is 12.1 Å². The lowest BCUT2D eigenvalue weighted by molar-refractivity contribution is -0.154. The Labute approximate surface area is 471 Å². The van der Waals surface area contributed by atoms with Gasteiger partial charge in [0.2, 0.25) is 0 Å². The minimum absolute atomic E-state index is 0.0270. The van der Waals surface area contributed by atoms with E-state index in [0.717, 1.165) is 38.5 Å². The van der Waals surface area contributed by atoms with E-state index in [1.165, 1.54) is 308 Å². The van der Waals surface area contributed by atoms with Crippen LogP contribution in [0.25, 0.3) is 0 Å². The molecule has 11 heteroatoms. The van der Waals surface area contributed by atoms with Crippen molar-refractivity contribution >= 4 is 19.8 Å². The molecule has 0 aliphatic heterocycles. The number of carboxylic acid groups (broad SMARTS) is 1. The summed E-state index contributed by atoms with van der Waals surface area (Å²) in [5.74, 6) is -1.75. The Bertz CT molecular complexity index is 1230. The molecule has 0 amide bonds. The highest BCUT2D eigenvalue weighted by molar-refractivity contribution is 7.47. The number of rotatable bonds is 66. The van der Waals surface area contributed by atoms with E-state index in [1.54, 1.807) is 0 Å². The van der Waals surface area contributed by atoms with Crippen molar-refractivity contribution in [3.05, 3.63) is 0 Å². The van der Waals surface area contributed by atoms with Crippen molar-refractivity contribution < 1.29 is 42.7 Å². The van der Waals surface area contributed by atoms with Crippen LogP contribution in [-0.2, 0) is 32.7 Å². The van der Waals surface area contributed by atoms with Gasteiger partial charge in [-0.05, 0) is 12.8 Å². The highest BCUT2D eigenvalue weighted by atomic mass is 31.2. The van der Waals surface area contributed by atoms with Gasteiger partial charge in [-0.2, -0.15) is 0 Å². The summed E-state index contributed by atoms with van der Waals surface area (Å²) in [6.07, 6.45) is 72.2. The first-order valence-electron chi connectivity index (χ1n) is 33.6. The van der Waals surface area contributed by atoms with Crippen molar-refractivity contribution in [3.63, 3.8) is 0 Å². The predicted octanol–water partition coefficient (Wildman–Crippen LogP) is 21.0. The standard InChI is InChI=1S/C65H130NO9P/c1-3-5-7-9-11-13-15-17-19-21-23-25-26-27-28-29-30-31-32-33-34-35-36-37-38-39-41-43-45-47-49-51-53-55-57-64(67)75-62(60-73-76(70,71)74-61-63(66)65(68)69)59-72-58-56-54-52-50-48-46-44-42-40-24-22-20-18-16-14-12-10-8-6-4-2/h62-63H,3-61,66H2,1-2H3,(H,68,69)(H,70,71)/t62-,63+/m1/s1. The lowest BCUT2D eigenvalue weighted by Crippen LogP contribution is -2.34. The molecule has 454 valence electrons. The van der Waals surface area contributed by atoms with E-state index in [0.29, 0.717) is 6.61 Å². The molecule has 0 radical (unpaired) electrons. The molecule has 0 aromatic carbocycles. The number of ether oxygens (including phenoxy) is 2. The first-order chi connectivity index (χ1) is 37.2. The maximum absolute atomic E-state index is 12.8. The molecule has 4 N–H and O–H groups in total. The highest BCUT2D eigenvalue weighted by Gasteiger charge is 2.27. The zero-order chi connectivity index (χ0) is 55.4. The Morgan fingerprint density at radius 2 is 0.605 bits per heavy atom. The van der Waals surface area contributed by atoms with Gasteiger partial charge >= 0.3 is 19.8 Å². The van der Waals surface area contributed by atoms with Gasteiger partial charge in [-0.3, -0.25) is 18.6 Å². The summed E-state index contributed by atoms with van der Waals surface area (Å²) in [5, 5.41) is 8.97. The SMILES string of the molecule is CCCCCCCCCCCCCCCCCCCCCCCCCCCCCCCCCCCCC(=O)O[C@H](COCCCCCCCCCCCCCCCCCCCCCC)COP(=O)(O)OC[C@H](N)C(=O)O. The summed E-state index contributed by atoms with van der Waals surface area (Å²) in [7, 11) is -4.62. The fourth-order valence-corrected chi connectivity index (χ4v) is 11.3. The Hall–Kier alpha value is -1.03. The second-order valence-corrected chi connectivity index (χ2v) is 24.8. The van der Waals surface area contributed by atoms with E-state index < -0.39 is 45.1 Å². The van der Waals surface area contributed by atoms with E-state index >= 15 is 0 Å². The van der Waals surface area contributed by atoms with Gasteiger partial charge in [-0.25, -0.2) is 4.57 Å². The molecule has 1 unspecified atom stereocenters. The van der Waals surface area contributed by atoms with Crippen LogP contribution in [0.15, 0.2) is 0 Å². The maximum Gasteiger partial charge on any atom is 0.472 e. The molecule has 0 rings (SSSR count). The summed E-state index contributed by atoms with van der Waals surface area (Å²) < 4.78 is 33.7. The minimum Gasteiger partial charge on any atom is -0.480 e. The van der Waals surface area contributed by atoms with Gasteiger partial charge in [0.25, 0.3) is 0 Å². The van der Waals surface area contributed by atoms with Crippen LogP contribution in [0, 0.1) is 0 Å². The molecule has 0 fully saturated rings. The lowest BCUT2D eigenvalue weighted by atomic mass is 10.0. The largest absolute Gasteiger partial charge is 0.480 e.